The second-order valence-corrected chi connectivity index (χ2v) is 10.1. The van der Waals surface area contributed by atoms with Gasteiger partial charge in [0.1, 0.15) is 0 Å². The number of benzene rings is 5. The average Bonchev–Trinajstić information content (AvgIpc) is 3.38. The van der Waals surface area contributed by atoms with Crippen molar-refractivity contribution in [2.24, 2.45) is 0 Å². The molecule has 0 aliphatic carbocycles. The summed E-state index contributed by atoms with van der Waals surface area (Å²) in [5, 5.41) is 5.13. The van der Waals surface area contributed by atoms with Gasteiger partial charge in [0.15, 0.2) is 0 Å². The van der Waals surface area contributed by atoms with Crippen molar-refractivity contribution in [3.63, 3.8) is 0 Å². The van der Waals surface area contributed by atoms with E-state index in [4.69, 9.17) is 0 Å². The van der Waals surface area contributed by atoms with Crippen LogP contribution in [-0.2, 0) is 0 Å². The number of fused-ring (bicyclic) bond motifs is 6. The lowest BCUT2D eigenvalue weighted by molar-refractivity contribution is 1.15. The number of para-hydroxylation sites is 2. The van der Waals surface area contributed by atoms with Crippen molar-refractivity contribution in [1.29, 1.82) is 0 Å². The first-order chi connectivity index (χ1) is 17.5. The van der Waals surface area contributed by atoms with E-state index >= 15 is 0 Å². The van der Waals surface area contributed by atoms with Crippen molar-refractivity contribution in [2.45, 2.75) is 27.7 Å². The zero-order valence-corrected chi connectivity index (χ0v) is 21.1. The number of nitrogens with zero attached hydrogens (tertiary/aromatic N) is 2. The minimum atomic E-state index is 1.21. The second-order valence-electron chi connectivity index (χ2n) is 10.1. The van der Waals surface area contributed by atoms with Crippen LogP contribution in [0.4, 0.5) is 0 Å². The van der Waals surface area contributed by atoms with E-state index in [0.717, 1.165) is 0 Å². The maximum atomic E-state index is 2.43. The maximum Gasteiger partial charge on any atom is 0.0548 e. The fourth-order valence-electron chi connectivity index (χ4n) is 5.72. The second kappa shape index (κ2) is 7.60. The van der Waals surface area contributed by atoms with Crippen LogP contribution in [0.5, 0.6) is 0 Å². The van der Waals surface area contributed by atoms with Crippen LogP contribution in [0.15, 0.2) is 97.1 Å². The summed E-state index contributed by atoms with van der Waals surface area (Å²) in [7, 11) is 0. The van der Waals surface area contributed by atoms with Crippen molar-refractivity contribution in [3.8, 4) is 11.4 Å². The smallest absolute Gasteiger partial charge is 0.0548 e. The molecule has 0 aliphatic rings. The highest BCUT2D eigenvalue weighted by molar-refractivity contribution is 6.19. The van der Waals surface area contributed by atoms with Gasteiger partial charge in [-0.2, -0.15) is 0 Å². The molecule has 0 aliphatic heterocycles. The summed E-state index contributed by atoms with van der Waals surface area (Å²) in [6, 6.07) is 36.0. The summed E-state index contributed by atoms with van der Waals surface area (Å²) in [4.78, 5) is 0. The molecule has 2 heteroatoms. The topological polar surface area (TPSA) is 9.86 Å². The minimum Gasteiger partial charge on any atom is -0.309 e. The molecular formula is C34H28N2. The number of hydrogen-bond acceptors (Lipinski definition) is 0. The van der Waals surface area contributed by atoms with Crippen LogP contribution in [0.3, 0.4) is 0 Å². The van der Waals surface area contributed by atoms with E-state index in [2.05, 4.69) is 134 Å². The van der Waals surface area contributed by atoms with Gasteiger partial charge < -0.3 is 9.13 Å². The largest absolute Gasteiger partial charge is 0.309 e. The van der Waals surface area contributed by atoms with Gasteiger partial charge in [-0.05, 0) is 98.5 Å². The Labute approximate surface area is 211 Å². The van der Waals surface area contributed by atoms with Crippen LogP contribution in [0.25, 0.3) is 55.0 Å². The van der Waals surface area contributed by atoms with E-state index in [1.54, 1.807) is 0 Å². The Morgan fingerprint density at radius 3 is 1.19 bits per heavy atom. The molecule has 0 fully saturated rings. The maximum absolute atomic E-state index is 2.43. The molecule has 36 heavy (non-hydrogen) atoms. The molecule has 174 valence electrons. The standard InChI is InChI=1S/C34H28N2/c1-21-13-15-25(17-23(21)3)35-31-11-7-5-9-27(31)29-20-34-30(19-33(29)35)28-10-6-8-12-32(28)36(34)26-16-14-22(2)24(4)18-26/h5-20H,1-4H3. The molecule has 0 saturated heterocycles. The van der Waals surface area contributed by atoms with E-state index in [-0.39, 0.29) is 0 Å². The Balaban J connectivity index is 1.66. The molecule has 0 bridgehead atoms. The Kier molecular flexibility index (Phi) is 4.44. The molecule has 0 unspecified atom stereocenters. The van der Waals surface area contributed by atoms with Gasteiger partial charge in [-0.15, -0.1) is 0 Å². The van der Waals surface area contributed by atoms with Gasteiger partial charge in [-0.25, -0.2) is 0 Å². The molecule has 0 amide bonds. The summed E-state index contributed by atoms with van der Waals surface area (Å²) in [6.07, 6.45) is 0. The zero-order valence-electron chi connectivity index (χ0n) is 21.1. The van der Waals surface area contributed by atoms with Gasteiger partial charge in [-0.1, -0.05) is 48.5 Å². The Morgan fingerprint density at radius 2 is 0.778 bits per heavy atom. The molecule has 0 atom stereocenters. The van der Waals surface area contributed by atoms with Crippen LogP contribution in [-0.4, -0.2) is 9.13 Å². The molecular weight excluding hydrogens is 436 g/mol. The lowest BCUT2D eigenvalue weighted by Crippen LogP contribution is -1.96. The molecule has 2 nitrogen and oxygen atoms in total. The number of hydrogen-bond donors (Lipinski definition) is 0. The van der Waals surface area contributed by atoms with Crippen LogP contribution >= 0.6 is 0 Å². The molecule has 0 saturated carbocycles. The first kappa shape index (κ1) is 21.0. The van der Waals surface area contributed by atoms with Crippen LogP contribution < -0.4 is 0 Å². The summed E-state index contributed by atoms with van der Waals surface area (Å²) in [5.41, 5.74) is 12.7. The first-order valence-corrected chi connectivity index (χ1v) is 12.6. The van der Waals surface area contributed by atoms with Gasteiger partial charge in [0.2, 0.25) is 0 Å². The third-order valence-electron chi connectivity index (χ3n) is 7.96. The van der Waals surface area contributed by atoms with E-state index < -0.39 is 0 Å². The normalized spacial score (nSPS) is 11.9. The predicted octanol–water partition coefficient (Wildman–Crippen LogP) is 9.11. The summed E-state index contributed by atoms with van der Waals surface area (Å²) in [5.74, 6) is 0. The number of aryl methyl sites for hydroxylation is 4. The Hall–Kier alpha value is -4.30. The van der Waals surface area contributed by atoms with Crippen molar-refractivity contribution in [2.75, 3.05) is 0 Å². The quantitative estimate of drug-likeness (QED) is 0.241. The van der Waals surface area contributed by atoms with Crippen molar-refractivity contribution >= 4 is 43.6 Å². The average molecular weight is 465 g/mol. The van der Waals surface area contributed by atoms with Gasteiger partial charge >= 0.3 is 0 Å². The third-order valence-corrected chi connectivity index (χ3v) is 7.96. The molecule has 5 aromatic carbocycles. The summed E-state index contributed by atoms with van der Waals surface area (Å²) >= 11 is 0. The lowest BCUT2D eigenvalue weighted by Gasteiger charge is -2.11. The van der Waals surface area contributed by atoms with Crippen LogP contribution in [0.1, 0.15) is 22.3 Å². The highest BCUT2D eigenvalue weighted by Crippen LogP contribution is 2.39. The molecule has 2 aromatic heterocycles. The predicted molar refractivity (Wildman–Crippen MR) is 154 cm³/mol. The SMILES string of the molecule is Cc1ccc(-n2c3ccccc3c3cc4c(cc32)c2ccccc2n4-c2ccc(C)c(C)c2)cc1C. The lowest BCUT2D eigenvalue weighted by atomic mass is 10.1. The fourth-order valence-corrected chi connectivity index (χ4v) is 5.72. The highest BCUT2D eigenvalue weighted by Gasteiger charge is 2.18. The van der Waals surface area contributed by atoms with Gasteiger partial charge in [-0.3, -0.25) is 0 Å². The Morgan fingerprint density at radius 1 is 0.361 bits per heavy atom. The van der Waals surface area contributed by atoms with E-state index in [1.807, 2.05) is 0 Å². The van der Waals surface area contributed by atoms with Crippen molar-refractivity contribution in [1.82, 2.24) is 9.13 Å². The third kappa shape index (κ3) is 2.91. The monoisotopic (exact) mass is 464 g/mol. The van der Waals surface area contributed by atoms with Crippen LogP contribution in [0.2, 0.25) is 0 Å². The molecule has 0 spiro atoms. The Bertz CT molecular complexity index is 1840. The van der Waals surface area contributed by atoms with Crippen molar-refractivity contribution < 1.29 is 0 Å². The van der Waals surface area contributed by atoms with Crippen LogP contribution in [0, 0.1) is 27.7 Å². The van der Waals surface area contributed by atoms with Gasteiger partial charge in [0.05, 0.1) is 22.1 Å². The number of rotatable bonds is 2. The van der Waals surface area contributed by atoms with E-state index in [0.29, 0.717) is 0 Å². The molecule has 7 aromatic rings. The minimum absolute atomic E-state index is 1.21. The van der Waals surface area contributed by atoms with Gasteiger partial charge in [0.25, 0.3) is 0 Å². The molecule has 0 N–H and O–H groups in total. The first-order valence-electron chi connectivity index (χ1n) is 12.6. The zero-order chi connectivity index (χ0) is 24.6. The summed E-state index contributed by atoms with van der Waals surface area (Å²) in [6.45, 7) is 8.75. The molecule has 7 rings (SSSR count). The summed E-state index contributed by atoms with van der Waals surface area (Å²) < 4.78 is 4.86. The molecule has 0 radical (unpaired) electrons. The number of aromatic nitrogens is 2. The highest BCUT2D eigenvalue weighted by atomic mass is 15.0. The van der Waals surface area contributed by atoms with Crippen molar-refractivity contribution in [3.05, 3.63) is 119 Å². The van der Waals surface area contributed by atoms with Gasteiger partial charge in [0, 0.05) is 32.9 Å². The van der Waals surface area contributed by atoms with E-state index in [1.165, 1.54) is 77.2 Å². The fraction of sp³-hybridized carbons (Fsp3) is 0.118. The van der Waals surface area contributed by atoms with E-state index in [9.17, 15) is 0 Å². The molecule has 2 heterocycles.